The van der Waals surface area contributed by atoms with E-state index in [4.69, 9.17) is 0 Å². The van der Waals surface area contributed by atoms with E-state index >= 15 is 0 Å². The molecule has 0 N–H and O–H groups in total. The summed E-state index contributed by atoms with van der Waals surface area (Å²) in [7, 11) is 0. The van der Waals surface area contributed by atoms with Crippen molar-refractivity contribution in [3.05, 3.63) is 60.6 Å². The minimum absolute atomic E-state index is 0.638. The monoisotopic (exact) mass is 222 g/mol. The molecule has 3 heteroatoms. The van der Waals surface area contributed by atoms with E-state index in [9.17, 15) is 4.79 Å². The Labute approximate surface area is 98.3 Å². The van der Waals surface area contributed by atoms with Crippen molar-refractivity contribution in [2.45, 2.75) is 0 Å². The van der Waals surface area contributed by atoms with Gasteiger partial charge in [0.1, 0.15) is 0 Å². The molecule has 0 saturated carbocycles. The normalized spacial score (nSPS) is 10.6. The van der Waals surface area contributed by atoms with Crippen LogP contribution in [0.25, 0.3) is 16.6 Å². The van der Waals surface area contributed by atoms with Crippen molar-refractivity contribution in [1.29, 1.82) is 0 Å². The summed E-state index contributed by atoms with van der Waals surface area (Å²) >= 11 is 0. The smallest absolute Gasteiger partial charge is 0.166 e. The predicted molar refractivity (Wildman–Crippen MR) is 66.5 cm³/mol. The summed E-state index contributed by atoms with van der Waals surface area (Å²) in [6.45, 7) is 0. The van der Waals surface area contributed by atoms with Crippen LogP contribution >= 0.6 is 0 Å². The van der Waals surface area contributed by atoms with E-state index in [1.807, 2.05) is 47.0 Å². The molecule has 0 saturated heterocycles. The molecule has 0 atom stereocenters. The number of rotatable bonds is 2. The van der Waals surface area contributed by atoms with Crippen molar-refractivity contribution in [3.8, 4) is 5.69 Å². The zero-order valence-corrected chi connectivity index (χ0v) is 9.08. The maximum atomic E-state index is 11.1. The Bertz CT molecular complexity index is 671. The standard InChI is InChI=1S/C14H10N2O/c17-10-13-8-11-9-15-7-6-14(11)16(13)12-4-2-1-3-5-12/h1-10H. The highest BCUT2D eigenvalue weighted by Gasteiger charge is 2.08. The molecule has 2 aromatic heterocycles. The van der Waals surface area contributed by atoms with Gasteiger partial charge in [-0.3, -0.25) is 9.78 Å². The fourth-order valence-electron chi connectivity index (χ4n) is 2.03. The van der Waals surface area contributed by atoms with Gasteiger partial charge in [0.25, 0.3) is 0 Å². The summed E-state index contributed by atoms with van der Waals surface area (Å²) in [5.41, 5.74) is 2.61. The quantitative estimate of drug-likeness (QED) is 0.625. The lowest BCUT2D eigenvalue weighted by atomic mass is 10.3. The van der Waals surface area contributed by atoms with Crippen LogP contribution in [-0.4, -0.2) is 15.8 Å². The third kappa shape index (κ3) is 1.52. The molecule has 0 amide bonds. The van der Waals surface area contributed by atoms with Crippen molar-refractivity contribution in [1.82, 2.24) is 9.55 Å². The highest BCUT2D eigenvalue weighted by atomic mass is 16.1. The van der Waals surface area contributed by atoms with E-state index in [0.717, 1.165) is 22.9 Å². The minimum Gasteiger partial charge on any atom is -0.307 e. The van der Waals surface area contributed by atoms with E-state index < -0.39 is 0 Å². The zero-order valence-electron chi connectivity index (χ0n) is 9.08. The number of hydrogen-bond donors (Lipinski definition) is 0. The van der Waals surface area contributed by atoms with Gasteiger partial charge >= 0.3 is 0 Å². The average Bonchev–Trinajstić information content (AvgIpc) is 2.78. The molecule has 17 heavy (non-hydrogen) atoms. The SMILES string of the molecule is O=Cc1cc2cnccc2n1-c1ccccc1. The molecule has 2 heterocycles. The first-order valence-electron chi connectivity index (χ1n) is 5.36. The van der Waals surface area contributed by atoms with Gasteiger partial charge in [-0.15, -0.1) is 0 Å². The molecule has 3 aromatic rings. The molecule has 1 aromatic carbocycles. The van der Waals surface area contributed by atoms with Crippen molar-refractivity contribution < 1.29 is 4.79 Å². The van der Waals surface area contributed by atoms with E-state index in [0.29, 0.717) is 5.69 Å². The van der Waals surface area contributed by atoms with Gasteiger partial charge in [0.2, 0.25) is 0 Å². The number of benzene rings is 1. The first kappa shape index (κ1) is 9.78. The Morgan fingerprint density at radius 3 is 2.71 bits per heavy atom. The van der Waals surface area contributed by atoms with Crippen LogP contribution in [-0.2, 0) is 0 Å². The fraction of sp³-hybridized carbons (Fsp3) is 0. The Balaban J connectivity index is 2.38. The number of para-hydroxylation sites is 1. The van der Waals surface area contributed by atoms with Gasteiger partial charge in [-0.1, -0.05) is 18.2 Å². The van der Waals surface area contributed by atoms with Crippen LogP contribution in [0.15, 0.2) is 54.9 Å². The molecule has 82 valence electrons. The zero-order chi connectivity index (χ0) is 11.7. The maximum absolute atomic E-state index is 11.1. The number of fused-ring (bicyclic) bond motifs is 1. The number of carbonyl (C=O) groups excluding carboxylic acids is 1. The van der Waals surface area contributed by atoms with Gasteiger partial charge in [-0.25, -0.2) is 0 Å². The molecule has 0 aliphatic heterocycles. The largest absolute Gasteiger partial charge is 0.307 e. The third-order valence-electron chi connectivity index (χ3n) is 2.77. The second kappa shape index (κ2) is 3.87. The van der Waals surface area contributed by atoms with Gasteiger partial charge in [-0.05, 0) is 24.3 Å². The molecular formula is C14H10N2O. The summed E-state index contributed by atoms with van der Waals surface area (Å²) < 4.78 is 1.93. The lowest BCUT2D eigenvalue weighted by Gasteiger charge is -2.06. The number of hydrogen-bond acceptors (Lipinski definition) is 2. The Hall–Kier alpha value is -2.42. The first-order chi connectivity index (χ1) is 8.40. The highest BCUT2D eigenvalue weighted by Crippen LogP contribution is 2.22. The van der Waals surface area contributed by atoms with E-state index in [1.165, 1.54) is 0 Å². The Morgan fingerprint density at radius 1 is 1.12 bits per heavy atom. The maximum Gasteiger partial charge on any atom is 0.166 e. The third-order valence-corrected chi connectivity index (χ3v) is 2.77. The van der Waals surface area contributed by atoms with Crippen LogP contribution in [0.4, 0.5) is 0 Å². The van der Waals surface area contributed by atoms with Crippen LogP contribution in [0.3, 0.4) is 0 Å². The topological polar surface area (TPSA) is 34.9 Å². The van der Waals surface area contributed by atoms with E-state index in [1.54, 1.807) is 12.4 Å². The summed E-state index contributed by atoms with van der Waals surface area (Å²) in [6.07, 6.45) is 4.37. The second-order valence-electron chi connectivity index (χ2n) is 3.79. The van der Waals surface area contributed by atoms with Gasteiger partial charge in [0, 0.05) is 23.5 Å². The predicted octanol–water partition coefficient (Wildman–Crippen LogP) is 2.84. The average molecular weight is 222 g/mol. The van der Waals surface area contributed by atoms with Crippen LogP contribution < -0.4 is 0 Å². The van der Waals surface area contributed by atoms with Crippen molar-refractivity contribution in [3.63, 3.8) is 0 Å². The summed E-state index contributed by atoms with van der Waals surface area (Å²) in [4.78, 5) is 15.2. The molecular weight excluding hydrogens is 212 g/mol. The molecule has 0 unspecified atom stereocenters. The molecule has 0 aliphatic carbocycles. The number of aromatic nitrogens is 2. The van der Waals surface area contributed by atoms with Gasteiger partial charge in [0.05, 0.1) is 11.2 Å². The Kier molecular flexibility index (Phi) is 2.22. The van der Waals surface area contributed by atoms with Crippen LogP contribution in [0, 0.1) is 0 Å². The molecule has 0 spiro atoms. The van der Waals surface area contributed by atoms with Crippen LogP contribution in [0.5, 0.6) is 0 Å². The number of pyridine rings is 1. The molecule has 3 nitrogen and oxygen atoms in total. The van der Waals surface area contributed by atoms with Crippen LogP contribution in [0.2, 0.25) is 0 Å². The molecule has 0 bridgehead atoms. The van der Waals surface area contributed by atoms with E-state index in [-0.39, 0.29) is 0 Å². The molecule has 0 radical (unpaired) electrons. The molecule has 0 aliphatic rings. The van der Waals surface area contributed by atoms with Crippen LogP contribution in [0.1, 0.15) is 10.5 Å². The number of nitrogens with zero attached hydrogens (tertiary/aromatic N) is 2. The second-order valence-corrected chi connectivity index (χ2v) is 3.79. The van der Waals surface area contributed by atoms with E-state index in [2.05, 4.69) is 4.98 Å². The van der Waals surface area contributed by atoms with Crippen molar-refractivity contribution in [2.75, 3.05) is 0 Å². The summed E-state index contributed by atoms with van der Waals surface area (Å²) in [5, 5.41) is 0.971. The number of aldehydes is 1. The van der Waals surface area contributed by atoms with Gasteiger partial charge in [-0.2, -0.15) is 0 Å². The molecule has 3 rings (SSSR count). The highest BCUT2D eigenvalue weighted by molar-refractivity contribution is 5.90. The molecule has 0 fully saturated rings. The van der Waals surface area contributed by atoms with Gasteiger partial charge in [0.15, 0.2) is 6.29 Å². The number of carbonyl (C=O) groups is 1. The van der Waals surface area contributed by atoms with Crippen molar-refractivity contribution in [2.24, 2.45) is 0 Å². The lowest BCUT2D eigenvalue weighted by Crippen LogP contribution is -1.98. The Morgan fingerprint density at radius 2 is 1.94 bits per heavy atom. The van der Waals surface area contributed by atoms with Gasteiger partial charge < -0.3 is 4.57 Å². The fourth-order valence-corrected chi connectivity index (χ4v) is 2.03. The van der Waals surface area contributed by atoms with Crippen molar-refractivity contribution >= 4 is 17.2 Å². The summed E-state index contributed by atoms with van der Waals surface area (Å²) in [6, 6.07) is 13.6. The summed E-state index contributed by atoms with van der Waals surface area (Å²) in [5.74, 6) is 0. The first-order valence-corrected chi connectivity index (χ1v) is 5.36. The minimum atomic E-state index is 0.638. The lowest BCUT2D eigenvalue weighted by molar-refractivity contribution is 0.111.